The second-order valence-electron chi connectivity index (χ2n) is 5.98. The van der Waals surface area contributed by atoms with Crippen molar-refractivity contribution >= 4 is 11.9 Å². The number of carboxylic acid groups (broad SMARTS) is 1. The molecule has 0 bridgehead atoms. The van der Waals surface area contributed by atoms with E-state index in [2.05, 4.69) is 9.97 Å². The minimum Gasteiger partial charge on any atom is -0.496 e. The van der Waals surface area contributed by atoms with Gasteiger partial charge in [-0.15, -0.1) is 0 Å². The van der Waals surface area contributed by atoms with E-state index >= 15 is 0 Å². The first-order valence-corrected chi connectivity index (χ1v) is 7.85. The van der Waals surface area contributed by atoms with Gasteiger partial charge in [-0.05, 0) is 36.8 Å². The van der Waals surface area contributed by atoms with Crippen LogP contribution in [0.5, 0.6) is 5.75 Å². The van der Waals surface area contributed by atoms with Crippen LogP contribution < -0.4 is 9.64 Å². The van der Waals surface area contributed by atoms with Gasteiger partial charge in [-0.3, -0.25) is 0 Å². The van der Waals surface area contributed by atoms with Crippen LogP contribution in [0.4, 0.5) is 5.95 Å². The number of rotatable bonds is 5. The number of carboxylic acids is 1. The quantitative estimate of drug-likeness (QED) is 0.769. The Kier molecular flexibility index (Phi) is 4.31. The molecule has 1 unspecified atom stereocenters. The van der Waals surface area contributed by atoms with Crippen LogP contribution in [-0.2, 0) is 0 Å². The van der Waals surface area contributed by atoms with E-state index in [0.717, 1.165) is 17.1 Å². The lowest BCUT2D eigenvalue weighted by Gasteiger charge is -2.20. The van der Waals surface area contributed by atoms with Gasteiger partial charge in [-0.25, -0.2) is 9.78 Å². The smallest absolute Gasteiger partial charge is 0.339 e. The van der Waals surface area contributed by atoms with E-state index in [1.54, 1.807) is 18.2 Å². The van der Waals surface area contributed by atoms with Crippen LogP contribution in [-0.4, -0.2) is 46.8 Å². The van der Waals surface area contributed by atoms with Gasteiger partial charge in [0.15, 0.2) is 5.82 Å². The van der Waals surface area contributed by atoms with Gasteiger partial charge in [0.05, 0.1) is 13.2 Å². The molecule has 0 saturated carbocycles. The summed E-state index contributed by atoms with van der Waals surface area (Å²) in [4.78, 5) is 22.2. The highest BCUT2D eigenvalue weighted by molar-refractivity contribution is 5.91. The molecule has 7 heteroatoms. The van der Waals surface area contributed by atoms with Crippen LogP contribution in [0.1, 0.15) is 28.9 Å². The number of hydrogen-bond acceptors (Lipinski definition) is 5. The zero-order chi connectivity index (χ0) is 18.1. The number of imidazole rings is 1. The third kappa shape index (κ3) is 3.00. The summed E-state index contributed by atoms with van der Waals surface area (Å²) in [5.41, 5.74) is 1.88. The monoisotopic (exact) mass is 340 g/mol. The number of carbonyl (C=O) groups is 1. The normalized spacial score (nSPS) is 12.2. The van der Waals surface area contributed by atoms with Crippen LogP contribution in [0, 0.1) is 0 Å². The molecule has 2 aliphatic rings. The zero-order valence-electron chi connectivity index (χ0n) is 14.6. The van der Waals surface area contributed by atoms with Crippen molar-refractivity contribution in [2.45, 2.75) is 13.0 Å². The molecule has 0 aliphatic carbocycles. The Morgan fingerprint density at radius 1 is 1.28 bits per heavy atom. The highest BCUT2D eigenvalue weighted by Gasteiger charge is 2.20. The molecule has 2 heterocycles. The van der Waals surface area contributed by atoms with Crippen LogP contribution in [0.3, 0.4) is 0 Å². The Balaban J connectivity index is 2.05. The van der Waals surface area contributed by atoms with Crippen LogP contribution in [0.2, 0.25) is 0 Å². The average Bonchev–Trinajstić information content (AvgIpc) is 3.05. The van der Waals surface area contributed by atoms with E-state index in [0.29, 0.717) is 11.7 Å². The standard InChI is InChI=1S/C18H20N4O3/c1-11(12-7-8-13(17(23)24)15(10-12)25-4)22-9-5-6-14-16(22)20-18(19-14)21(2)3/h5-11H,1-4H3,(H,23,24). The molecule has 1 aromatic carbocycles. The van der Waals surface area contributed by atoms with Gasteiger partial charge < -0.3 is 19.3 Å². The maximum Gasteiger partial charge on any atom is 0.339 e. The van der Waals surface area contributed by atoms with Crippen molar-refractivity contribution in [3.05, 3.63) is 47.7 Å². The van der Waals surface area contributed by atoms with E-state index in [-0.39, 0.29) is 11.6 Å². The highest BCUT2D eigenvalue weighted by Crippen LogP contribution is 2.30. The summed E-state index contributed by atoms with van der Waals surface area (Å²) in [5.74, 6) is 0.761. The van der Waals surface area contributed by atoms with E-state index in [1.165, 1.54) is 7.11 Å². The Hall–Kier alpha value is -3.09. The fourth-order valence-corrected chi connectivity index (χ4v) is 2.75. The van der Waals surface area contributed by atoms with Crippen molar-refractivity contribution in [3.63, 3.8) is 0 Å². The summed E-state index contributed by atoms with van der Waals surface area (Å²) < 4.78 is 7.25. The summed E-state index contributed by atoms with van der Waals surface area (Å²) in [6.07, 6.45) is 1.94. The number of aromatic nitrogens is 3. The molecule has 25 heavy (non-hydrogen) atoms. The number of pyridine rings is 1. The third-order valence-corrected chi connectivity index (χ3v) is 4.16. The molecule has 0 spiro atoms. The fraction of sp³-hybridized carbons (Fsp3) is 0.278. The summed E-state index contributed by atoms with van der Waals surface area (Å²) in [6, 6.07) is 8.90. The zero-order valence-corrected chi connectivity index (χ0v) is 14.6. The molecule has 0 radical (unpaired) electrons. The maximum absolute atomic E-state index is 11.3. The Morgan fingerprint density at radius 3 is 2.68 bits per heavy atom. The predicted molar refractivity (Wildman–Crippen MR) is 94.7 cm³/mol. The number of benzene rings is 1. The summed E-state index contributed by atoms with van der Waals surface area (Å²) in [6.45, 7) is 2.03. The molecule has 0 saturated heterocycles. The van der Waals surface area contributed by atoms with Gasteiger partial charge in [0.25, 0.3) is 0 Å². The predicted octanol–water partition coefficient (Wildman–Crippen LogP) is 2.77. The van der Waals surface area contributed by atoms with E-state index in [9.17, 15) is 9.90 Å². The topological polar surface area (TPSA) is 80.5 Å². The van der Waals surface area contributed by atoms with Crippen molar-refractivity contribution < 1.29 is 14.6 Å². The van der Waals surface area contributed by atoms with Crippen molar-refractivity contribution in [2.24, 2.45) is 0 Å². The Morgan fingerprint density at radius 2 is 2.04 bits per heavy atom. The van der Waals surface area contributed by atoms with Gasteiger partial charge in [-0.2, -0.15) is 4.98 Å². The number of methoxy groups -OCH3 is 1. The number of ether oxygens (including phenoxy) is 1. The van der Waals surface area contributed by atoms with E-state index in [1.807, 2.05) is 48.8 Å². The Bertz CT molecular complexity index is 888. The molecule has 7 nitrogen and oxygen atoms in total. The third-order valence-electron chi connectivity index (χ3n) is 4.16. The molecular weight excluding hydrogens is 320 g/mol. The number of nitrogens with zero attached hydrogens (tertiary/aromatic N) is 4. The molecule has 130 valence electrons. The minimum absolute atomic E-state index is 0.0628. The first-order chi connectivity index (χ1) is 11.9. The van der Waals surface area contributed by atoms with Gasteiger partial charge >= 0.3 is 5.97 Å². The highest BCUT2D eigenvalue weighted by atomic mass is 16.5. The first-order valence-electron chi connectivity index (χ1n) is 7.85. The van der Waals surface area contributed by atoms with Crippen molar-refractivity contribution in [2.75, 3.05) is 26.1 Å². The summed E-state index contributed by atoms with van der Waals surface area (Å²) in [7, 11) is 5.27. The average molecular weight is 340 g/mol. The number of hydrogen-bond donors (Lipinski definition) is 1. The van der Waals surface area contributed by atoms with Gasteiger partial charge in [0.1, 0.15) is 17.0 Å². The fourth-order valence-electron chi connectivity index (χ4n) is 2.75. The van der Waals surface area contributed by atoms with Gasteiger partial charge in [0, 0.05) is 20.3 Å². The lowest BCUT2D eigenvalue weighted by molar-refractivity contribution is 0.0693. The van der Waals surface area contributed by atoms with Gasteiger partial charge in [-0.1, -0.05) is 6.07 Å². The molecule has 1 atom stereocenters. The molecular formula is C18H20N4O3. The molecule has 0 fully saturated rings. The van der Waals surface area contributed by atoms with Crippen LogP contribution in [0.15, 0.2) is 36.5 Å². The largest absolute Gasteiger partial charge is 0.496 e. The second kappa shape index (κ2) is 6.43. The van der Waals surface area contributed by atoms with Crippen molar-refractivity contribution in [1.82, 2.24) is 14.5 Å². The SMILES string of the molecule is COc1cc(C(C)n2cccc3nc(N(C)C)nc2-3)ccc1C(=O)O. The van der Waals surface area contributed by atoms with Gasteiger partial charge in [0.2, 0.25) is 5.95 Å². The minimum atomic E-state index is -1.01. The van der Waals surface area contributed by atoms with Crippen molar-refractivity contribution in [3.8, 4) is 17.3 Å². The molecule has 1 aromatic rings. The Labute approximate surface area is 145 Å². The summed E-state index contributed by atoms with van der Waals surface area (Å²) in [5, 5.41) is 9.23. The van der Waals surface area contributed by atoms with Crippen molar-refractivity contribution in [1.29, 1.82) is 0 Å². The summed E-state index contributed by atoms with van der Waals surface area (Å²) >= 11 is 0. The molecule has 3 rings (SSSR count). The van der Waals surface area contributed by atoms with E-state index in [4.69, 9.17) is 4.74 Å². The number of fused-ring (bicyclic) bond motifs is 1. The van der Waals surface area contributed by atoms with E-state index < -0.39 is 5.97 Å². The maximum atomic E-state index is 11.3. The molecule has 2 aliphatic heterocycles. The molecule has 0 aromatic heterocycles. The lowest BCUT2D eigenvalue weighted by atomic mass is 10.0. The van der Waals surface area contributed by atoms with Crippen LogP contribution in [0.25, 0.3) is 11.5 Å². The molecule has 0 amide bonds. The second-order valence-corrected chi connectivity index (χ2v) is 5.98. The molecule has 1 N–H and O–H groups in total. The number of anilines is 1. The first kappa shape index (κ1) is 16.8. The lowest BCUT2D eigenvalue weighted by Crippen LogP contribution is -2.12. The van der Waals surface area contributed by atoms with Crippen LogP contribution >= 0.6 is 0 Å². The number of aromatic carboxylic acids is 1.